The molecule has 1 rings (SSSR count). The normalized spacial score (nSPS) is 13.0. The smallest absolute Gasteiger partial charge is 0.306 e. The van der Waals surface area contributed by atoms with Crippen LogP contribution in [0.4, 0.5) is 0 Å². The van der Waals surface area contributed by atoms with E-state index >= 15 is 0 Å². The van der Waals surface area contributed by atoms with Gasteiger partial charge in [-0.15, -0.1) is 0 Å². The highest BCUT2D eigenvalue weighted by Crippen LogP contribution is 2.20. The number of ketones is 1. The molecule has 1 aliphatic rings. The van der Waals surface area contributed by atoms with E-state index in [1.165, 1.54) is 135 Å². The van der Waals surface area contributed by atoms with Crippen LogP contribution in [0.3, 0.4) is 0 Å². The van der Waals surface area contributed by atoms with E-state index < -0.39 is 0 Å². The number of likely N-dealkylation sites (tertiary alicyclic amines) is 1. The summed E-state index contributed by atoms with van der Waals surface area (Å²) < 4.78 is 33.4. The Balaban J connectivity index is -0.00000121. The third kappa shape index (κ3) is 62.5. The van der Waals surface area contributed by atoms with E-state index in [1.54, 1.807) is 6.92 Å². The average Bonchev–Trinajstić information content (AvgIpc) is 3.44. The number of rotatable bonds is 52. The van der Waals surface area contributed by atoms with Crippen LogP contribution in [0.5, 0.6) is 0 Å². The van der Waals surface area contributed by atoms with Crippen LogP contribution in [0.2, 0.25) is 0 Å². The minimum atomic E-state index is -0.259. The maximum Gasteiger partial charge on any atom is 0.306 e. The Kier molecular flexibility index (Phi) is 63.3. The van der Waals surface area contributed by atoms with Gasteiger partial charge in [0.1, 0.15) is 5.78 Å². The third-order valence-electron chi connectivity index (χ3n) is 14.5. The lowest BCUT2D eigenvalue weighted by Gasteiger charge is -2.37. The summed E-state index contributed by atoms with van der Waals surface area (Å²) >= 11 is 0. The molecule has 81 heavy (non-hydrogen) atoms. The molecule has 0 aromatic heterocycles. The predicted molar refractivity (Wildman–Crippen MR) is 338 cm³/mol. The Bertz CT molecular complexity index is 1420. The summed E-state index contributed by atoms with van der Waals surface area (Å²) in [4.78, 5) is 61.5. The molecular formula is C69H131NO11. The highest BCUT2D eigenvalue weighted by Gasteiger charge is 2.24. The first-order chi connectivity index (χ1) is 39.0. The van der Waals surface area contributed by atoms with Crippen molar-refractivity contribution in [2.24, 2.45) is 17.8 Å². The van der Waals surface area contributed by atoms with Crippen molar-refractivity contribution in [3.05, 3.63) is 24.7 Å². The van der Waals surface area contributed by atoms with Gasteiger partial charge in [0, 0.05) is 56.4 Å². The van der Waals surface area contributed by atoms with Crippen molar-refractivity contribution in [1.82, 2.24) is 4.90 Å². The van der Waals surface area contributed by atoms with Crippen molar-refractivity contribution in [3.63, 3.8) is 0 Å². The van der Waals surface area contributed by atoms with Crippen LogP contribution in [0.25, 0.3) is 0 Å². The summed E-state index contributed by atoms with van der Waals surface area (Å²) in [6.07, 6.45) is 39.2. The lowest BCUT2D eigenvalue weighted by Crippen LogP contribution is -2.44. The number of carbonyl (C=O) groups is 5. The van der Waals surface area contributed by atoms with Crippen molar-refractivity contribution in [2.45, 2.75) is 319 Å². The maximum absolute atomic E-state index is 12.2. The van der Waals surface area contributed by atoms with Gasteiger partial charge >= 0.3 is 23.9 Å². The molecule has 0 radical (unpaired) electrons. The SMILES string of the molecule is C=C(CC(COC(=O)CCCCCCCC)COC(=O)CCCCCCCC)OCCC(C)C.C=C(CCCCCCCC)OCC(COC(=O)CCCCCCCC)CC(=O)OCCCC.CC(=O)CCC1CCN1C.CCCC. The molecule has 478 valence electrons. The molecule has 1 fully saturated rings. The Labute approximate surface area is 499 Å². The van der Waals surface area contributed by atoms with Gasteiger partial charge in [-0.2, -0.15) is 0 Å². The number of hydrogen-bond acceptors (Lipinski definition) is 12. The molecule has 12 nitrogen and oxygen atoms in total. The Morgan fingerprint density at radius 2 is 0.802 bits per heavy atom. The molecule has 0 aromatic carbocycles. The molecule has 12 heteroatoms. The standard InChI is InChI=1S/C29H54O5.C28H52O5.C8H15NO.C4H10/c1-6-8-10-12-14-16-18-28(30)33-23-27(22-26(5)32-21-20-25(3)4)24-34-29(31)19-17-15-13-11-9-7-2;1-5-8-11-13-15-17-19-25(4)32-23-26(22-28(30)31-21-10-7-3)24-33-27(29)20-18-16-14-12-9-6-2;1-7(10)3-4-8-5-6-9(8)2;1-3-4-2/h25,27H,5-24H2,1-4H3;26H,4-24H2,1-3H3;8H,3-6H2,1-2H3;3-4H2,1-2H3. The summed E-state index contributed by atoms with van der Waals surface area (Å²) in [5.41, 5.74) is 0. The second-order valence-electron chi connectivity index (χ2n) is 23.4. The highest BCUT2D eigenvalue weighted by atomic mass is 16.6. The Hall–Kier alpha value is -3.41. The zero-order valence-electron chi connectivity index (χ0n) is 55.0. The van der Waals surface area contributed by atoms with Crippen LogP contribution in [0.15, 0.2) is 24.7 Å². The molecule has 1 aliphatic heterocycles. The second kappa shape index (κ2) is 62.6. The van der Waals surface area contributed by atoms with Crippen LogP contribution < -0.4 is 0 Å². The van der Waals surface area contributed by atoms with Gasteiger partial charge in [-0.05, 0) is 77.8 Å². The van der Waals surface area contributed by atoms with Crippen LogP contribution in [0.1, 0.15) is 313 Å². The topological polar surface area (TPSA) is 144 Å². The first-order valence-electron chi connectivity index (χ1n) is 33.5. The van der Waals surface area contributed by atoms with E-state index in [0.29, 0.717) is 69.0 Å². The van der Waals surface area contributed by atoms with Crippen LogP contribution in [-0.2, 0) is 52.4 Å². The fourth-order valence-corrected chi connectivity index (χ4v) is 8.49. The third-order valence-corrected chi connectivity index (χ3v) is 14.5. The van der Waals surface area contributed by atoms with Crippen molar-refractivity contribution in [1.29, 1.82) is 0 Å². The maximum atomic E-state index is 12.2. The second-order valence-corrected chi connectivity index (χ2v) is 23.4. The van der Waals surface area contributed by atoms with E-state index in [4.69, 9.17) is 28.4 Å². The van der Waals surface area contributed by atoms with Crippen molar-refractivity contribution in [2.75, 3.05) is 53.2 Å². The minimum Gasteiger partial charge on any atom is -0.499 e. The van der Waals surface area contributed by atoms with Crippen LogP contribution >= 0.6 is 0 Å². The quantitative estimate of drug-likeness (QED) is 0.0247. The largest absolute Gasteiger partial charge is 0.499 e. The molecule has 0 bridgehead atoms. The number of unbranched alkanes of at least 4 members (excludes halogenated alkanes) is 22. The number of esters is 4. The van der Waals surface area contributed by atoms with Crippen molar-refractivity contribution >= 4 is 29.7 Å². The molecule has 0 amide bonds. The van der Waals surface area contributed by atoms with Gasteiger partial charge in [-0.3, -0.25) is 19.2 Å². The molecule has 2 atom stereocenters. The van der Waals surface area contributed by atoms with Crippen LogP contribution in [0, 0.1) is 17.8 Å². The summed E-state index contributed by atoms with van der Waals surface area (Å²) in [5, 5.41) is 0. The zero-order chi connectivity index (χ0) is 61.0. The molecule has 0 aromatic rings. The molecule has 0 spiro atoms. The van der Waals surface area contributed by atoms with E-state index in [-0.39, 0.29) is 62.0 Å². The lowest BCUT2D eigenvalue weighted by molar-refractivity contribution is -0.151. The average molecular weight is 1150 g/mol. The zero-order valence-corrected chi connectivity index (χ0v) is 55.0. The number of hydrogen-bond donors (Lipinski definition) is 0. The molecule has 1 saturated heterocycles. The molecule has 2 unspecified atom stereocenters. The molecular weight excluding hydrogens is 1020 g/mol. The number of carbonyl (C=O) groups excluding carboxylic acids is 5. The Morgan fingerprint density at radius 3 is 1.16 bits per heavy atom. The summed E-state index contributed by atoms with van der Waals surface area (Å²) in [6.45, 7) is 32.5. The fraction of sp³-hybridized carbons (Fsp3) is 0.870. The van der Waals surface area contributed by atoms with E-state index in [2.05, 4.69) is 87.4 Å². The monoisotopic (exact) mass is 1150 g/mol. The summed E-state index contributed by atoms with van der Waals surface area (Å²) in [5.74, 6) is 1.14. The lowest BCUT2D eigenvalue weighted by atomic mass is 9.98. The van der Waals surface area contributed by atoms with Crippen molar-refractivity contribution in [3.8, 4) is 0 Å². The number of ether oxygens (including phenoxy) is 6. The molecule has 0 N–H and O–H groups in total. The van der Waals surface area contributed by atoms with Gasteiger partial charge in [-0.25, -0.2) is 0 Å². The molecule has 0 aliphatic carbocycles. The van der Waals surface area contributed by atoms with Gasteiger partial charge in [-0.1, -0.05) is 223 Å². The minimum absolute atomic E-state index is 0.131. The van der Waals surface area contributed by atoms with Gasteiger partial charge in [0.15, 0.2) is 0 Å². The molecule has 0 saturated carbocycles. The Morgan fingerprint density at radius 1 is 0.420 bits per heavy atom. The predicted octanol–water partition coefficient (Wildman–Crippen LogP) is 18.9. The number of allylic oxidation sites excluding steroid dienone is 2. The van der Waals surface area contributed by atoms with Crippen molar-refractivity contribution < 1.29 is 52.4 Å². The fourth-order valence-electron chi connectivity index (χ4n) is 8.49. The first-order valence-corrected chi connectivity index (χ1v) is 33.5. The summed E-state index contributed by atoms with van der Waals surface area (Å²) in [6, 6.07) is 0.698. The number of Topliss-reactive ketones (excluding diaryl/α,β-unsaturated/α-hetero) is 1. The highest BCUT2D eigenvalue weighted by molar-refractivity contribution is 5.75. The van der Waals surface area contributed by atoms with Gasteiger partial charge in [0.25, 0.3) is 0 Å². The van der Waals surface area contributed by atoms with Gasteiger partial charge < -0.3 is 38.1 Å². The van der Waals surface area contributed by atoms with E-state index in [0.717, 1.165) is 89.2 Å². The first kappa shape index (κ1) is 81.8. The van der Waals surface area contributed by atoms with Gasteiger partial charge in [0.05, 0.1) is 57.6 Å². The molecule has 1 heterocycles. The van der Waals surface area contributed by atoms with Crippen LogP contribution in [-0.4, -0.2) is 93.8 Å². The van der Waals surface area contributed by atoms with E-state index in [1.807, 2.05) is 0 Å². The number of nitrogens with zero attached hydrogens (tertiary/aromatic N) is 1. The van der Waals surface area contributed by atoms with E-state index in [9.17, 15) is 24.0 Å². The summed E-state index contributed by atoms with van der Waals surface area (Å²) in [7, 11) is 2.12. The van der Waals surface area contributed by atoms with Gasteiger partial charge in [0.2, 0.25) is 0 Å².